The summed E-state index contributed by atoms with van der Waals surface area (Å²) in [5, 5.41) is 4.66. The van der Waals surface area contributed by atoms with Crippen LogP contribution in [0, 0.1) is 0 Å². The zero-order chi connectivity index (χ0) is 17.0. The van der Waals surface area contributed by atoms with Crippen molar-refractivity contribution in [1.29, 1.82) is 0 Å². The molecule has 2 N–H and O–H groups in total. The van der Waals surface area contributed by atoms with Gasteiger partial charge in [-0.1, -0.05) is 41.0 Å². The molecule has 1 aliphatic rings. The lowest BCUT2D eigenvalue weighted by Gasteiger charge is -2.13. The molecule has 1 saturated heterocycles. The van der Waals surface area contributed by atoms with Crippen molar-refractivity contribution in [2.75, 3.05) is 24.2 Å². The van der Waals surface area contributed by atoms with E-state index in [9.17, 15) is 19.2 Å². The van der Waals surface area contributed by atoms with Gasteiger partial charge in [-0.05, 0) is 12.1 Å². The third-order valence-corrected chi connectivity index (χ3v) is 4.55. The van der Waals surface area contributed by atoms with Crippen molar-refractivity contribution in [3.05, 3.63) is 28.2 Å². The van der Waals surface area contributed by atoms with Crippen molar-refractivity contribution in [2.45, 2.75) is 0 Å². The number of amides is 4. The lowest BCUT2D eigenvalue weighted by atomic mass is 10.3. The van der Waals surface area contributed by atoms with E-state index in [1.807, 2.05) is 0 Å². The molecule has 10 heteroatoms. The molecule has 23 heavy (non-hydrogen) atoms. The van der Waals surface area contributed by atoms with Crippen molar-refractivity contribution in [3.8, 4) is 0 Å². The van der Waals surface area contributed by atoms with E-state index < -0.39 is 11.8 Å². The number of hydrogen-bond acceptors (Lipinski definition) is 5. The largest absolute Gasteiger partial charge is 0.346 e. The predicted molar refractivity (Wildman–Crippen MR) is 87.7 cm³/mol. The average Bonchev–Trinajstić information content (AvgIpc) is 2.83. The van der Waals surface area contributed by atoms with Crippen LogP contribution in [0.5, 0.6) is 0 Å². The molecule has 2 rings (SSSR count). The highest BCUT2D eigenvalue weighted by Gasteiger charge is 2.29. The number of anilines is 1. The van der Waals surface area contributed by atoms with E-state index in [-0.39, 0.29) is 45.7 Å². The van der Waals surface area contributed by atoms with Crippen molar-refractivity contribution in [2.24, 2.45) is 0 Å². The molecule has 7 nitrogen and oxygen atoms in total. The SMILES string of the molecule is O=C(NCCN1C(=O)CSC1=O)C(=O)Nc1cccc(Cl)c1Cl. The van der Waals surface area contributed by atoms with E-state index in [1.54, 1.807) is 12.1 Å². The fourth-order valence-corrected chi connectivity index (χ4v) is 2.84. The maximum Gasteiger partial charge on any atom is 0.313 e. The Morgan fingerprint density at radius 1 is 1.22 bits per heavy atom. The van der Waals surface area contributed by atoms with Crippen LogP contribution in [0.3, 0.4) is 0 Å². The van der Waals surface area contributed by atoms with Crippen LogP contribution in [0.25, 0.3) is 0 Å². The number of carbonyl (C=O) groups excluding carboxylic acids is 4. The standard InChI is InChI=1S/C13H11Cl2N3O4S/c14-7-2-1-3-8(10(7)15)17-12(21)11(20)16-4-5-18-9(19)6-23-13(18)22/h1-3H,4-6H2,(H,16,20)(H,17,21). The van der Waals surface area contributed by atoms with Crippen LogP contribution in [-0.2, 0) is 14.4 Å². The minimum absolute atomic E-state index is 0.0155. The van der Waals surface area contributed by atoms with Crippen LogP contribution >= 0.6 is 35.0 Å². The second-order valence-electron chi connectivity index (χ2n) is 4.41. The molecule has 122 valence electrons. The fourth-order valence-electron chi connectivity index (χ4n) is 1.74. The molecule has 1 aromatic carbocycles. The number of carbonyl (C=O) groups is 4. The number of imide groups is 1. The number of thioether (sulfide) groups is 1. The molecule has 1 aromatic rings. The fraction of sp³-hybridized carbons (Fsp3) is 0.231. The van der Waals surface area contributed by atoms with E-state index >= 15 is 0 Å². The first kappa shape index (κ1) is 17.6. The molecule has 0 unspecified atom stereocenters. The van der Waals surface area contributed by atoms with Crippen LogP contribution in [0.1, 0.15) is 0 Å². The van der Waals surface area contributed by atoms with Crippen LogP contribution in [-0.4, -0.2) is 46.7 Å². The van der Waals surface area contributed by atoms with Crippen LogP contribution < -0.4 is 10.6 Å². The summed E-state index contributed by atoms with van der Waals surface area (Å²) in [6.45, 7) is -0.00478. The van der Waals surface area contributed by atoms with E-state index in [0.29, 0.717) is 0 Å². The van der Waals surface area contributed by atoms with Gasteiger partial charge in [0.25, 0.3) is 5.24 Å². The van der Waals surface area contributed by atoms with Gasteiger partial charge in [0.1, 0.15) is 0 Å². The van der Waals surface area contributed by atoms with Gasteiger partial charge >= 0.3 is 11.8 Å². The molecule has 0 spiro atoms. The molecule has 4 amide bonds. The Hall–Kier alpha value is -1.77. The molecular formula is C13H11Cl2N3O4S. The number of nitrogens with zero attached hydrogens (tertiary/aromatic N) is 1. The summed E-state index contributed by atoms with van der Waals surface area (Å²) in [5.74, 6) is -2.06. The lowest BCUT2D eigenvalue weighted by Crippen LogP contribution is -2.41. The molecule has 1 aliphatic heterocycles. The van der Waals surface area contributed by atoms with Crippen molar-refractivity contribution in [1.82, 2.24) is 10.2 Å². The summed E-state index contributed by atoms with van der Waals surface area (Å²) in [6, 6.07) is 4.61. The topological polar surface area (TPSA) is 95.6 Å². The first-order chi connectivity index (χ1) is 10.9. The first-order valence-electron chi connectivity index (χ1n) is 6.40. The Labute approximate surface area is 145 Å². The summed E-state index contributed by atoms with van der Waals surface area (Å²) in [7, 11) is 0. The predicted octanol–water partition coefficient (Wildman–Crippen LogP) is 1.74. The molecule has 1 fully saturated rings. The molecule has 0 bridgehead atoms. The van der Waals surface area contributed by atoms with E-state index in [2.05, 4.69) is 10.6 Å². The molecular weight excluding hydrogens is 365 g/mol. The van der Waals surface area contributed by atoms with Gasteiger partial charge in [-0.15, -0.1) is 0 Å². The molecule has 0 aliphatic carbocycles. The van der Waals surface area contributed by atoms with E-state index in [4.69, 9.17) is 23.2 Å². The Kier molecular flexibility index (Phi) is 5.86. The number of benzene rings is 1. The Bertz CT molecular complexity index is 667. The molecule has 0 saturated carbocycles. The van der Waals surface area contributed by atoms with Crippen LogP contribution in [0.4, 0.5) is 10.5 Å². The summed E-state index contributed by atoms with van der Waals surface area (Å²) >= 11 is 12.6. The van der Waals surface area contributed by atoms with Crippen molar-refractivity contribution < 1.29 is 19.2 Å². The summed E-state index contributed by atoms with van der Waals surface area (Å²) in [5.41, 5.74) is 0.209. The third kappa shape index (κ3) is 4.37. The quantitative estimate of drug-likeness (QED) is 0.781. The van der Waals surface area contributed by atoms with Crippen LogP contribution in [0.2, 0.25) is 10.0 Å². The number of hydrogen-bond donors (Lipinski definition) is 2. The molecule has 1 heterocycles. The molecule has 0 atom stereocenters. The van der Waals surface area contributed by atoms with E-state index in [0.717, 1.165) is 16.7 Å². The van der Waals surface area contributed by atoms with Crippen molar-refractivity contribution >= 4 is 63.6 Å². The van der Waals surface area contributed by atoms with Gasteiger partial charge in [0.15, 0.2) is 0 Å². The van der Waals surface area contributed by atoms with Gasteiger partial charge in [0.2, 0.25) is 5.91 Å². The molecule has 0 radical (unpaired) electrons. The smallest absolute Gasteiger partial charge is 0.313 e. The van der Waals surface area contributed by atoms with Gasteiger partial charge in [0.05, 0.1) is 21.5 Å². The van der Waals surface area contributed by atoms with Gasteiger partial charge in [-0.2, -0.15) is 0 Å². The zero-order valence-corrected chi connectivity index (χ0v) is 13.9. The maximum atomic E-state index is 11.8. The van der Waals surface area contributed by atoms with Gasteiger partial charge in [-0.25, -0.2) is 0 Å². The highest BCUT2D eigenvalue weighted by atomic mass is 35.5. The number of rotatable bonds is 4. The highest BCUT2D eigenvalue weighted by molar-refractivity contribution is 8.14. The number of halogens is 2. The molecule has 0 aromatic heterocycles. The first-order valence-corrected chi connectivity index (χ1v) is 8.14. The van der Waals surface area contributed by atoms with Crippen molar-refractivity contribution in [3.63, 3.8) is 0 Å². The maximum absolute atomic E-state index is 11.8. The summed E-state index contributed by atoms with van der Waals surface area (Å²) in [6.07, 6.45) is 0. The Morgan fingerprint density at radius 3 is 2.61 bits per heavy atom. The third-order valence-electron chi connectivity index (χ3n) is 2.87. The highest BCUT2D eigenvalue weighted by Crippen LogP contribution is 2.29. The summed E-state index contributed by atoms with van der Waals surface area (Å²) < 4.78 is 0. The number of nitrogens with one attached hydrogen (secondary N) is 2. The second kappa shape index (κ2) is 7.67. The zero-order valence-electron chi connectivity index (χ0n) is 11.6. The van der Waals surface area contributed by atoms with Gasteiger partial charge in [0, 0.05) is 13.1 Å². The van der Waals surface area contributed by atoms with Gasteiger partial charge < -0.3 is 10.6 Å². The Balaban J connectivity index is 1.83. The lowest BCUT2D eigenvalue weighted by molar-refractivity contribution is -0.136. The van der Waals surface area contributed by atoms with E-state index in [1.165, 1.54) is 6.07 Å². The summed E-state index contributed by atoms with van der Waals surface area (Å²) in [4.78, 5) is 47.2. The second-order valence-corrected chi connectivity index (χ2v) is 6.12. The minimum Gasteiger partial charge on any atom is -0.346 e. The minimum atomic E-state index is -0.928. The average molecular weight is 376 g/mol. The Morgan fingerprint density at radius 2 is 1.96 bits per heavy atom. The monoisotopic (exact) mass is 375 g/mol. The van der Waals surface area contributed by atoms with Crippen LogP contribution in [0.15, 0.2) is 18.2 Å². The normalized spacial score (nSPS) is 14.1. The van der Waals surface area contributed by atoms with Gasteiger partial charge in [-0.3, -0.25) is 24.1 Å².